The van der Waals surface area contributed by atoms with E-state index in [0.29, 0.717) is 22.5 Å². The quantitative estimate of drug-likeness (QED) is 0.341. The van der Waals surface area contributed by atoms with Crippen LogP contribution in [-0.2, 0) is 7.05 Å². The number of aromatic nitrogens is 6. The van der Waals surface area contributed by atoms with Crippen molar-refractivity contribution in [2.45, 2.75) is 0 Å². The number of aryl methyl sites for hydroxylation is 1. The van der Waals surface area contributed by atoms with E-state index in [0.717, 1.165) is 0 Å². The molecule has 0 aliphatic heterocycles. The Labute approximate surface area is 154 Å². The molecule has 0 saturated heterocycles. The van der Waals surface area contributed by atoms with Gasteiger partial charge in [0.05, 0.1) is 17.1 Å². The largest absolute Gasteiger partial charge is 0.298 e. The molecule has 0 atom stereocenters. The number of halogens is 5. The van der Waals surface area contributed by atoms with E-state index in [1.807, 2.05) is 0 Å². The summed E-state index contributed by atoms with van der Waals surface area (Å²) in [5.41, 5.74) is 0.692. The first-order valence-electron chi connectivity index (χ1n) is 5.68. The van der Waals surface area contributed by atoms with Crippen molar-refractivity contribution in [3.63, 3.8) is 0 Å². The van der Waals surface area contributed by atoms with Crippen LogP contribution in [0.3, 0.4) is 0 Å². The van der Waals surface area contributed by atoms with Gasteiger partial charge in [-0.15, -0.1) is 0 Å². The van der Waals surface area contributed by atoms with Crippen molar-refractivity contribution >= 4 is 75.3 Å². The third kappa shape index (κ3) is 4.19. The van der Waals surface area contributed by atoms with Crippen LogP contribution < -0.4 is 0 Å². The fourth-order valence-corrected chi connectivity index (χ4v) is 2.61. The van der Waals surface area contributed by atoms with Gasteiger partial charge in [-0.05, 0) is 23.2 Å². The van der Waals surface area contributed by atoms with E-state index in [1.54, 1.807) is 17.9 Å². The van der Waals surface area contributed by atoms with E-state index in [2.05, 4.69) is 25.0 Å². The number of fused-ring (bicyclic) bond motifs is 1. The van der Waals surface area contributed by atoms with Gasteiger partial charge in [-0.2, -0.15) is 10.1 Å². The Morgan fingerprint density at radius 3 is 2.00 bits per heavy atom. The molecule has 3 aromatic rings. The van der Waals surface area contributed by atoms with E-state index in [1.165, 1.54) is 0 Å². The second kappa shape index (κ2) is 7.55. The second-order valence-corrected chi connectivity index (χ2v) is 5.64. The minimum Gasteiger partial charge on any atom is -0.298 e. The summed E-state index contributed by atoms with van der Waals surface area (Å²) < 4.78 is 1.59. The zero-order valence-electron chi connectivity index (χ0n) is 11.1. The first-order chi connectivity index (χ1) is 10.8. The molecule has 0 bridgehead atoms. The van der Waals surface area contributed by atoms with Gasteiger partial charge in [-0.1, -0.05) is 34.8 Å². The molecule has 0 N–H and O–H groups in total. The lowest BCUT2D eigenvalue weighted by Crippen LogP contribution is -1.93. The molecule has 3 rings (SSSR count). The lowest BCUT2D eigenvalue weighted by Gasteiger charge is -1.96. The van der Waals surface area contributed by atoms with Crippen LogP contribution in [0.2, 0.25) is 26.0 Å². The van der Waals surface area contributed by atoms with Gasteiger partial charge >= 0.3 is 0 Å². The molecular weight excluding hydrogens is 409 g/mol. The third-order valence-corrected chi connectivity index (χ3v) is 3.66. The number of hydrogen-bond acceptors (Lipinski definition) is 6. The molecule has 0 radical (unpaired) electrons. The number of hydrogen-bond donors (Lipinski definition) is 0. The summed E-state index contributed by atoms with van der Waals surface area (Å²) in [5.74, 6) is 0. The fourth-order valence-electron chi connectivity index (χ4n) is 1.45. The molecule has 0 aliphatic carbocycles. The van der Waals surface area contributed by atoms with Gasteiger partial charge in [-0.25, -0.2) is 15.0 Å². The highest BCUT2D eigenvalue weighted by molar-refractivity contribution is 6.38. The Kier molecular flexibility index (Phi) is 5.94. The first kappa shape index (κ1) is 18.1. The minimum absolute atomic E-state index is 0.0370. The van der Waals surface area contributed by atoms with E-state index in [-0.39, 0.29) is 26.4 Å². The van der Waals surface area contributed by atoms with Gasteiger partial charge in [0.15, 0.2) is 11.9 Å². The van der Waals surface area contributed by atoms with Crippen LogP contribution in [0.1, 0.15) is 10.4 Å². The van der Waals surface area contributed by atoms with Crippen LogP contribution in [0, 0.1) is 0 Å². The van der Waals surface area contributed by atoms with Crippen LogP contribution in [-0.4, -0.2) is 36.0 Å². The molecule has 0 aliphatic rings. The summed E-state index contributed by atoms with van der Waals surface area (Å²) in [6.45, 7) is 0. The van der Waals surface area contributed by atoms with Crippen molar-refractivity contribution in [2.24, 2.45) is 7.05 Å². The average molecular weight is 414 g/mol. The summed E-state index contributed by atoms with van der Waals surface area (Å²) in [6.07, 6.45) is 2.08. The maximum atomic E-state index is 10.3. The molecule has 0 amide bonds. The lowest BCUT2D eigenvalue weighted by atomic mass is 10.4. The van der Waals surface area contributed by atoms with E-state index >= 15 is 0 Å². The summed E-state index contributed by atoms with van der Waals surface area (Å²) >= 11 is 27.7. The minimum atomic E-state index is -0.0781. The molecule has 0 saturated carbocycles. The highest BCUT2D eigenvalue weighted by atomic mass is 35.5. The average Bonchev–Trinajstić information content (AvgIpc) is 2.81. The number of nitrogens with zero attached hydrogens (tertiary/aromatic N) is 6. The fraction of sp³-hybridized carbons (Fsp3) is 0.0909. The number of rotatable bonds is 1. The van der Waals surface area contributed by atoms with Gasteiger partial charge < -0.3 is 0 Å². The molecule has 120 valence electrons. The summed E-state index contributed by atoms with van der Waals surface area (Å²) in [6, 6.07) is 0. The maximum Gasteiger partial charge on any atom is 0.225 e. The number of aldehydes is 1. The predicted octanol–water partition coefficient (Wildman–Crippen LogP) is 3.92. The van der Waals surface area contributed by atoms with Gasteiger partial charge in [0.25, 0.3) is 0 Å². The van der Waals surface area contributed by atoms with Crippen molar-refractivity contribution in [3.8, 4) is 0 Å². The van der Waals surface area contributed by atoms with Crippen molar-refractivity contribution in [2.75, 3.05) is 0 Å². The van der Waals surface area contributed by atoms with Crippen LogP contribution in [0.4, 0.5) is 0 Å². The Hall–Kier alpha value is -1.25. The zero-order valence-corrected chi connectivity index (χ0v) is 14.9. The smallest absolute Gasteiger partial charge is 0.225 e. The summed E-state index contributed by atoms with van der Waals surface area (Å²) in [4.78, 5) is 25.0. The van der Waals surface area contributed by atoms with Gasteiger partial charge in [0.1, 0.15) is 15.5 Å². The Morgan fingerprint density at radius 2 is 1.43 bits per heavy atom. The molecule has 7 nitrogen and oxygen atoms in total. The summed E-state index contributed by atoms with van der Waals surface area (Å²) in [5, 5.41) is 5.00. The van der Waals surface area contributed by atoms with E-state index < -0.39 is 0 Å². The van der Waals surface area contributed by atoms with Crippen LogP contribution in [0.15, 0.2) is 6.20 Å². The van der Waals surface area contributed by atoms with E-state index in [9.17, 15) is 4.79 Å². The Balaban J connectivity index is 0.000000168. The van der Waals surface area contributed by atoms with Crippen LogP contribution in [0.5, 0.6) is 0 Å². The normalized spacial score (nSPS) is 10.3. The van der Waals surface area contributed by atoms with Crippen LogP contribution in [0.25, 0.3) is 11.0 Å². The molecule has 0 unspecified atom stereocenters. The van der Waals surface area contributed by atoms with Crippen molar-refractivity contribution in [1.29, 1.82) is 0 Å². The molecule has 23 heavy (non-hydrogen) atoms. The molecule has 12 heteroatoms. The first-order valence-corrected chi connectivity index (χ1v) is 7.57. The SMILES string of the molecule is Cn1ncc2c(Cl)nc(Cl)nc21.O=Cc1c(Cl)nc(Cl)nc1Cl. The molecule has 0 fully saturated rings. The molecule has 0 spiro atoms. The highest BCUT2D eigenvalue weighted by Gasteiger charge is 2.09. The van der Waals surface area contributed by atoms with Crippen molar-refractivity contribution < 1.29 is 4.79 Å². The van der Waals surface area contributed by atoms with Gasteiger partial charge in [-0.3, -0.25) is 9.48 Å². The zero-order chi connectivity index (χ0) is 17.1. The van der Waals surface area contributed by atoms with Gasteiger partial charge in [0, 0.05) is 7.05 Å². The Bertz CT molecular complexity index is 860. The predicted molar refractivity (Wildman–Crippen MR) is 88.8 cm³/mol. The van der Waals surface area contributed by atoms with E-state index in [4.69, 9.17) is 58.0 Å². The molecular formula is C11H5Cl5N6O. The number of carbonyl (C=O) groups excluding carboxylic acids is 1. The molecule has 3 aromatic heterocycles. The van der Waals surface area contributed by atoms with Crippen LogP contribution >= 0.6 is 58.0 Å². The Morgan fingerprint density at radius 1 is 0.913 bits per heavy atom. The maximum absolute atomic E-state index is 10.3. The van der Waals surface area contributed by atoms with Crippen molar-refractivity contribution in [1.82, 2.24) is 29.7 Å². The topological polar surface area (TPSA) is 86.5 Å². The number of carbonyl (C=O) groups is 1. The monoisotopic (exact) mass is 412 g/mol. The third-order valence-electron chi connectivity index (χ3n) is 2.46. The van der Waals surface area contributed by atoms with Crippen molar-refractivity contribution in [3.05, 3.63) is 37.8 Å². The standard InChI is InChI=1S/C6H4Cl2N4.C5HCl3N2O/c1-12-5-3(2-9-12)4(7)10-6(8)11-5;6-3-2(1-11)4(7)10-5(8)9-3/h2H,1H3;1H. The highest BCUT2D eigenvalue weighted by Crippen LogP contribution is 2.21. The lowest BCUT2D eigenvalue weighted by molar-refractivity contribution is 0.112. The summed E-state index contributed by atoms with van der Waals surface area (Å²) in [7, 11) is 1.77. The second-order valence-electron chi connectivity index (χ2n) is 3.89. The van der Waals surface area contributed by atoms with Gasteiger partial charge in [0.2, 0.25) is 10.6 Å². The molecule has 0 aromatic carbocycles. The molecule has 3 heterocycles.